The van der Waals surface area contributed by atoms with Gasteiger partial charge in [0.1, 0.15) is 0 Å². The number of ether oxygens (including phenoxy) is 1. The predicted octanol–water partition coefficient (Wildman–Crippen LogP) is 3.37. The minimum Gasteiger partial charge on any atom is -0.465 e. The number of carbonyl (C=O) groups is 1. The average molecular weight is 260 g/mol. The number of benzene rings is 1. The number of nitrogens with zero attached hydrogens (tertiary/aromatic N) is 1. The molecule has 0 saturated carbocycles. The van der Waals surface area contributed by atoms with Gasteiger partial charge in [0.2, 0.25) is 0 Å². The van der Waals surface area contributed by atoms with Gasteiger partial charge in [-0.1, -0.05) is 25.4 Å². The van der Waals surface area contributed by atoms with Crippen LogP contribution in [0.1, 0.15) is 29.8 Å². The Kier molecular flexibility index (Phi) is 6.20. The summed E-state index contributed by atoms with van der Waals surface area (Å²) in [6, 6.07) is 2.54. The van der Waals surface area contributed by atoms with Crippen molar-refractivity contribution in [1.82, 2.24) is 0 Å². The number of esters is 1. The Hall–Kier alpha value is -1.62. The fourth-order valence-electron chi connectivity index (χ4n) is 1.18. The molecular formula is C11H14ClNO4. The SMILES string of the molecule is CC.COC(=O)c1cc(Cl)cc([N+](=O)[O-])c1C. The first-order valence-corrected chi connectivity index (χ1v) is 5.38. The van der Waals surface area contributed by atoms with Crippen molar-refractivity contribution in [3.05, 3.63) is 38.4 Å². The third-order valence-corrected chi connectivity index (χ3v) is 2.17. The maximum atomic E-state index is 11.3. The van der Waals surface area contributed by atoms with Gasteiger partial charge in [0, 0.05) is 16.7 Å². The van der Waals surface area contributed by atoms with Crippen molar-refractivity contribution >= 4 is 23.3 Å². The molecule has 0 saturated heterocycles. The van der Waals surface area contributed by atoms with Gasteiger partial charge in [-0.15, -0.1) is 0 Å². The van der Waals surface area contributed by atoms with E-state index in [1.165, 1.54) is 26.2 Å². The minimum absolute atomic E-state index is 0.108. The molecule has 1 aromatic carbocycles. The smallest absolute Gasteiger partial charge is 0.338 e. The standard InChI is InChI=1S/C9H8ClNO4.C2H6/c1-5-7(9(12)15-2)3-6(10)4-8(5)11(13)14;1-2/h3-4H,1-2H3;1-2H3. The fraction of sp³-hybridized carbons (Fsp3) is 0.364. The van der Waals surface area contributed by atoms with Crippen LogP contribution < -0.4 is 0 Å². The predicted molar refractivity (Wildman–Crippen MR) is 65.5 cm³/mol. The van der Waals surface area contributed by atoms with Gasteiger partial charge in [0.15, 0.2) is 0 Å². The summed E-state index contributed by atoms with van der Waals surface area (Å²) in [4.78, 5) is 21.3. The molecule has 0 N–H and O–H groups in total. The maximum Gasteiger partial charge on any atom is 0.338 e. The van der Waals surface area contributed by atoms with Crippen LogP contribution in [0.2, 0.25) is 5.02 Å². The molecule has 0 aromatic heterocycles. The monoisotopic (exact) mass is 259 g/mol. The van der Waals surface area contributed by atoms with E-state index >= 15 is 0 Å². The van der Waals surface area contributed by atoms with E-state index in [4.69, 9.17) is 11.6 Å². The number of hydrogen-bond acceptors (Lipinski definition) is 4. The van der Waals surface area contributed by atoms with Crippen molar-refractivity contribution in [3.8, 4) is 0 Å². The second-order valence-corrected chi connectivity index (χ2v) is 3.28. The van der Waals surface area contributed by atoms with Crippen LogP contribution in [0.15, 0.2) is 12.1 Å². The summed E-state index contributed by atoms with van der Waals surface area (Å²) >= 11 is 5.65. The highest BCUT2D eigenvalue weighted by molar-refractivity contribution is 6.31. The number of methoxy groups -OCH3 is 1. The lowest BCUT2D eigenvalue weighted by Gasteiger charge is -2.04. The number of hydrogen-bond donors (Lipinski definition) is 0. The van der Waals surface area contributed by atoms with Crippen LogP contribution in [0.5, 0.6) is 0 Å². The van der Waals surface area contributed by atoms with E-state index in [1.807, 2.05) is 13.8 Å². The van der Waals surface area contributed by atoms with Gasteiger partial charge in [0.05, 0.1) is 17.6 Å². The highest BCUT2D eigenvalue weighted by Gasteiger charge is 2.20. The minimum atomic E-state index is -0.641. The Morgan fingerprint density at radius 2 is 1.94 bits per heavy atom. The Morgan fingerprint density at radius 1 is 1.41 bits per heavy atom. The first-order chi connectivity index (χ1) is 7.97. The normalized spacial score (nSPS) is 9.00. The second kappa shape index (κ2) is 6.85. The number of nitro benzene ring substituents is 1. The molecule has 6 heteroatoms. The quantitative estimate of drug-likeness (QED) is 0.464. The topological polar surface area (TPSA) is 69.4 Å². The molecule has 94 valence electrons. The van der Waals surface area contributed by atoms with Gasteiger partial charge < -0.3 is 4.74 Å². The third-order valence-electron chi connectivity index (χ3n) is 1.95. The van der Waals surface area contributed by atoms with Gasteiger partial charge in [-0.2, -0.15) is 0 Å². The lowest BCUT2D eigenvalue weighted by Crippen LogP contribution is -2.06. The van der Waals surface area contributed by atoms with Crippen LogP contribution in [0, 0.1) is 17.0 Å². The maximum absolute atomic E-state index is 11.3. The molecule has 0 aliphatic rings. The lowest BCUT2D eigenvalue weighted by atomic mass is 10.1. The van der Waals surface area contributed by atoms with E-state index in [-0.39, 0.29) is 21.8 Å². The summed E-state index contributed by atoms with van der Waals surface area (Å²) in [6.07, 6.45) is 0. The highest BCUT2D eigenvalue weighted by Crippen LogP contribution is 2.26. The van der Waals surface area contributed by atoms with Crippen LogP contribution in [0.25, 0.3) is 0 Å². The molecule has 0 fully saturated rings. The van der Waals surface area contributed by atoms with Crippen molar-refractivity contribution in [3.63, 3.8) is 0 Å². The highest BCUT2D eigenvalue weighted by atomic mass is 35.5. The Morgan fingerprint density at radius 3 is 2.35 bits per heavy atom. The van der Waals surface area contributed by atoms with E-state index in [0.29, 0.717) is 0 Å². The van der Waals surface area contributed by atoms with Crippen LogP contribution in [0.4, 0.5) is 5.69 Å². The molecule has 17 heavy (non-hydrogen) atoms. The Bertz CT molecular complexity index is 432. The van der Waals surface area contributed by atoms with E-state index in [0.717, 1.165) is 0 Å². The largest absolute Gasteiger partial charge is 0.465 e. The first-order valence-electron chi connectivity index (χ1n) is 5.00. The number of rotatable bonds is 2. The van der Waals surface area contributed by atoms with Gasteiger partial charge >= 0.3 is 5.97 Å². The molecule has 0 aliphatic carbocycles. The lowest BCUT2D eigenvalue weighted by molar-refractivity contribution is -0.385. The summed E-state index contributed by atoms with van der Waals surface area (Å²) in [5, 5.41) is 10.8. The molecule has 0 amide bonds. The second-order valence-electron chi connectivity index (χ2n) is 2.85. The van der Waals surface area contributed by atoms with Crippen molar-refractivity contribution in [2.75, 3.05) is 7.11 Å². The van der Waals surface area contributed by atoms with E-state index < -0.39 is 10.9 Å². The zero-order valence-electron chi connectivity index (χ0n) is 10.1. The fourth-order valence-corrected chi connectivity index (χ4v) is 1.39. The van der Waals surface area contributed by atoms with Gasteiger partial charge in [-0.25, -0.2) is 4.79 Å². The molecule has 1 aromatic rings. The number of carbonyl (C=O) groups excluding carboxylic acids is 1. The van der Waals surface area contributed by atoms with Gasteiger partial charge in [-0.05, 0) is 13.0 Å². The molecule has 0 aliphatic heterocycles. The molecule has 1 rings (SSSR count). The van der Waals surface area contributed by atoms with Crippen LogP contribution in [-0.4, -0.2) is 18.0 Å². The summed E-state index contributed by atoms with van der Waals surface area (Å²) in [7, 11) is 1.20. The molecule has 5 nitrogen and oxygen atoms in total. The van der Waals surface area contributed by atoms with Crippen LogP contribution in [-0.2, 0) is 4.74 Å². The van der Waals surface area contributed by atoms with Gasteiger partial charge in [-0.3, -0.25) is 10.1 Å². The molecule has 0 bridgehead atoms. The Labute approximate surface area is 104 Å². The van der Waals surface area contributed by atoms with E-state index in [9.17, 15) is 14.9 Å². The average Bonchev–Trinajstić information content (AvgIpc) is 2.33. The van der Waals surface area contributed by atoms with Crippen molar-refractivity contribution in [2.24, 2.45) is 0 Å². The summed E-state index contributed by atoms with van der Waals surface area (Å²) in [5.74, 6) is -0.641. The molecule has 0 atom stereocenters. The van der Waals surface area contributed by atoms with Crippen molar-refractivity contribution in [2.45, 2.75) is 20.8 Å². The van der Waals surface area contributed by atoms with E-state index in [1.54, 1.807) is 0 Å². The van der Waals surface area contributed by atoms with Gasteiger partial charge in [0.25, 0.3) is 5.69 Å². The Balaban J connectivity index is 0.00000121. The summed E-state index contributed by atoms with van der Waals surface area (Å²) in [5.41, 5.74) is 0.163. The first kappa shape index (κ1) is 15.4. The zero-order chi connectivity index (χ0) is 13.6. The zero-order valence-corrected chi connectivity index (χ0v) is 10.9. The van der Waals surface area contributed by atoms with Crippen molar-refractivity contribution < 1.29 is 14.5 Å². The summed E-state index contributed by atoms with van der Waals surface area (Å²) < 4.78 is 4.49. The molecule has 0 spiro atoms. The third kappa shape index (κ3) is 3.71. The van der Waals surface area contributed by atoms with Crippen LogP contribution in [0.3, 0.4) is 0 Å². The number of halogens is 1. The molecule has 0 heterocycles. The molecular weight excluding hydrogens is 246 g/mol. The number of nitro groups is 1. The summed E-state index contributed by atoms with van der Waals surface area (Å²) in [6.45, 7) is 5.47. The molecule has 0 unspecified atom stereocenters. The van der Waals surface area contributed by atoms with Crippen LogP contribution >= 0.6 is 11.6 Å². The molecule has 0 radical (unpaired) electrons. The van der Waals surface area contributed by atoms with Crippen molar-refractivity contribution in [1.29, 1.82) is 0 Å². The van der Waals surface area contributed by atoms with E-state index in [2.05, 4.69) is 4.74 Å².